The van der Waals surface area contributed by atoms with Gasteiger partial charge in [-0.3, -0.25) is 10.2 Å². The molecule has 0 spiro atoms. The maximum absolute atomic E-state index is 12.7. The van der Waals surface area contributed by atoms with E-state index in [4.69, 9.17) is 10.6 Å². The minimum absolute atomic E-state index is 0.149. The Balaban J connectivity index is 2.26. The molecule has 3 N–H and O–H groups in total. The number of nitrogens with two attached hydrogens (primary N) is 1. The molecule has 0 aromatic heterocycles. The van der Waals surface area contributed by atoms with Gasteiger partial charge in [0.05, 0.1) is 17.9 Å². The van der Waals surface area contributed by atoms with Crippen LogP contribution in [0.15, 0.2) is 23.1 Å². The highest BCUT2D eigenvalue weighted by atomic mass is 32.2. The third-order valence-electron chi connectivity index (χ3n) is 3.90. The Morgan fingerprint density at radius 2 is 2.18 bits per heavy atom. The summed E-state index contributed by atoms with van der Waals surface area (Å²) in [6.45, 7) is 2.34. The molecule has 22 heavy (non-hydrogen) atoms. The summed E-state index contributed by atoms with van der Waals surface area (Å²) in [7, 11) is -2.09. The monoisotopic (exact) mass is 327 g/mol. The van der Waals surface area contributed by atoms with Crippen molar-refractivity contribution in [3.8, 4) is 5.75 Å². The highest BCUT2D eigenvalue weighted by Gasteiger charge is 2.33. The number of hydrogen-bond acceptors (Lipinski definition) is 5. The maximum atomic E-state index is 12.7. The van der Waals surface area contributed by atoms with Crippen molar-refractivity contribution in [1.82, 2.24) is 9.73 Å². The van der Waals surface area contributed by atoms with Crippen LogP contribution in [0.3, 0.4) is 0 Å². The Bertz CT molecular complexity index is 660. The lowest BCUT2D eigenvalue weighted by Crippen LogP contribution is -2.46. The molecule has 1 fully saturated rings. The minimum atomic E-state index is -3.63. The average Bonchev–Trinajstić information content (AvgIpc) is 2.54. The molecule has 1 heterocycles. The summed E-state index contributed by atoms with van der Waals surface area (Å²) < 4.78 is 31.9. The van der Waals surface area contributed by atoms with Crippen molar-refractivity contribution in [3.63, 3.8) is 0 Å². The molecule has 2 rings (SSSR count). The standard InChI is InChI=1S/C14H21N3O4S/c1-10-8-12(5-6-13(10)21-2)22(19,20)17-7-3-4-11(9-17)14(18)16-15/h5-6,8,11H,3-4,7,9,15H2,1-2H3,(H,16,18). The molecule has 1 aromatic rings. The van der Waals surface area contributed by atoms with E-state index in [1.165, 1.54) is 17.5 Å². The smallest absolute Gasteiger partial charge is 0.243 e. The van der Waals surface area contributed by atoms with Crippen LogP contribution in [0.4, 0.5) is 0 Å². The summed E-state index contributed by atoms with van der Waals surface area (Å²) >= 11 is 0. The first kappa shape index (κ1) is 16.7. The second-order valence-electron chi connectivity index (χ2n) is 5.34. The lowest BCUT2D eigenvalue weighted by atomic mass is 9.99. The average molecular weight is 327 g/mol. The summed E-state index contributed by atoms with van der Waals surface area (Å²) in [5.41, 5.74) is 2.84. The van der Waals surface area contributed by atoms with Gasteiger partial charge in [-0.1, -0.05) is 0 Å². The molecule has 0 radical (unpaired) electrons. The van der Waals surface area contributed by atoms with Crippen LogP contribution in [-0.2, 0) is 14.8 Å². The summed E-state index contributed by atoms with van der Waals surface area (Å²) in [5.74, 6) is 5.04. The fraction of sp³-hybridized carbons (Fsp3) is 0.500. The Labute approximate surface area is 130 Å². The van der Waals surface area contributed by atoms with Gasteiger partial charge < -0.3 is 4.74 Å². The maximum Gasteiger partial charge on any atom is 0.243 e. The number of hydrazine groups is 1. The third kappa shape index (κ3) is 3.23. The number of piperidine rings is 1. The Morgan fingerprint density at radius 1 is 1.45 bits per heavy atom. The molecule has 1 unspecified atom stereocenters. The van der Waals surface area contributed by atoms with E-state index in [1.807, 2.05) is 0 Å². The number of carbonyl (C=O) groups excluding carboxylic acids is 1. The number of rotatable bonds is 4. The first-order valence-electron chi connectivity index (χ1n) is 7.05. The van der Waals surface area contributed by atoms with E-state index in [1.54, 1.807) is 19.1 Å². The molecule has 8 heteroatoms. The molecule has 1 saturated heterocycles. The summed E-state index contributed by atoms with van der Waals surface area (Å²) in [6.07, 6.45) is 1.27. The normalized spacial score (nSPS) is 19.7. The summed E-state index contributed by atoms with van der Waals surface area (Å²) in [5, 5.41) is 0. The molecule has 1 atom stereocenters. The van der Waals surface area contributed by atoms with Crippen LogP contribution in [0.2, 0.25) is 0 Å². The molecule has 1 aliphatic rings. The first-order chi connectivity index (χ1) is 10.4. The number of sulfonamides is 1. The van der Waals surface area contributed by atoms with Crippen LogP contribution >= 0.6 is 0 Å². The van der Waals surface area contributed by atoms with Gasteiger partial charge in [0.25, 0.3) is 0 Å². The highest BCUT2D eigenvalue weighted by molar-refractivity contribution is 7.89. The zero-order valence-electron chi connectivity index (χ0n) is 12.7. The van der Waals surface area contributed by atoms with Crippen LogP contribution in [-0.4, -0.2) is 38.8 Å². The quantitative estimate of drug-likeness (QED) is 0.473. The lowest BCUT2D eigenvalue weighted by Gasteiger charge is -2.31. The molecule has 1 amide bonds. The number of benzene rings is 1. The van der Waals surface area contributed by atoms with Gasteiger partial charge in [-0.25, -0.2) is 14.3 Å². The van der Waals surface area contributed by atoms with Crippen LogP contribution in [0.1, 0.15) is 18.4 Å². The number of aryl methyl sites for hydroxylation is 1. The Morgan fingerprint density at radius 3 is 2.77 bits per heavy atom. The summed E-state index contributed by atoms with van der Waals surface area (Å²) in [6, 6.07) is 4.74. The molecular formula is C14H21N3O4S. The molecule has 0 saturated carbocycles. The van der Waals surface area contributed by atoms with E-state index < -0.39 is 15.9 Å². The van der Waals surface area contributed by atoms with Crippen molar-refractivity contribution in [1.29, 1.82) is 0 Å². The topological polar surface area (TPSA) is 102 Å². The van der Waals surface area contributed by atoms with Gasteiger partial charge in [-0.15, -0.1) is 0 Å². The lowest BCUT2D eigenvalue weighted by molar-refractivity contribution is -0.126. The first-order valence-corrected chi connectivity index (χ1v) is 8.49. The number of nitrogens with one attached hydrogen (secondary N) is 1. The van der Waals surface area contributed by atoms with Gasteiger partial charge in [0, 0.05) is 13.1 Å². The van der Waals surface area contributed by atoms with Gasteiger partial charge in [0.1, 0.15) is 5.75 Å². The van der Waals surface area contributed by atoms with Gasteiger partial charge in [0.2, 0.25) is 15.9 Å². The van der Waals surface area contributed by atoms with E-state index >= 15 is 0 Å². The van der Waals surface area contributed by atoms with Crippen LogP contribution in [0.25, 0.3) is 0 Å². The van der Waals surface area contributed by atoms with Crippen LogP contribution in [0.5, 0.6) is 5.75 Å². The molecule has 7 nitrogen and oxygen atoms in total. The van der Waals surface area contributed by atoms with Crippen LogP contribution < -0.4 is 16.0 Å². The largest absolute Gasteiger partial charge is 0.496 e. The van der Waals surface area contributed by atoms with E-state index in [0.717, 1.165) is 5.56 Å². The third-order valence-corrected chi connectivity index (χ3v) is 5.76. The van der Waals surface area contributed by atoms with Gasteiger partial charge in [-0.2, -0.15) is 4.31 Å². The predicted molar refractivity (Wildman–Crippen MR) is 81.5 cm³/mol. The molecule has 1 aliphatic heterocycles. The number of hydrogen-bond donors (Lipinski definition) is 2. The molecule has 122 valence electrons. The Hall–Kier alpha value is -1.64. The fourth-order valence-electron chi connectivity index (χ4n) is 2.65. The number of amides is 1. The van der Waals surface area contributed by atoms with E-state index in [0.29, 0.717) is 25.1 Å². The number of ether oxygens (including phenoxy) is 1. The van der Waals surface area contributed by atoms with Crippen molar-refractivity contribution in [2.75, 3.05) is 20.2 Å². The van der Waals surface area contributed by atoms with E-state index in [9.17, 15) is 13.2 Å². The molecule has 0 bridgehead atoms. The zero-order chi connectivity index (χ0) is 16.3. The van der Waals surface area contributed by atoms with Crippen molar-refractivity contribution >= 4 is 15.9 Å². The van der Waals surface area contributed by atoms with Gasteiger partial charge >= 0.3 is 0 Å². The van der Waals surface area contributed by atoms with Crippen molar-refractivity contribution < 1.29 is 17.9 Å². The van der Waals surface area contributed by atoms with E-state index in [2.05, 4.69) is 5.43 Å². The highest BCUT2D eigenvalue weighted by Crippen LogP contribution is 2.27. The van der Waals surface area contributed by atoms with Crippen molar-refractivity contribution in [2.45, 2.75) is 24.7 Å². The fourth-order valence-corrected chi connectivity index (χ4v) is 4.26. The van der Waals surface area contributed by atoms with Crippen molar-refractivity contribution in [3.05, 3.63) is 23.8 Å². The Kier molecular flexibility index (Phi) is 5.05. The number of carbonyl (C=O) groups is 1. The van der Waals surface area contributed by atoms with Gasteiger partial charge in [-0.05, 0) is 43.5 Å². The zero-order valence-corrected chi connectivity index (χ0v) is 13.5. The van der Waals surface area contributed by atoms with Crippen LogP contribution in [0, 0.1) is 12.8 Å². The molecule has 0 aliphatic carbocycles. The second kappa shape index (κ2) is 6.64. The molecule has 1 aromatic carbocycles. The summed E-state index contributed by atoms with van der Waals surface area (Å²) in [4.78, 5) is 11.8. The number of methoxy groups -OCH3 is 1. The van der Waals surface area contributed by atoms with Gasteiger partial charge in [0.15, 0.2) is 0 Å². The van der Waals surface area contributed by atoms with E-state index in [-0.39, 0.29) is 17.3 Å². The minimum Gasteiger partial charge on any atom is -0.496 e. The number of nitrogens with zero attached hydrogens (tertiary/aromatic N) is 1. The molecular weight excluding hydrogens is 306 g/mol. The SMILES string of the molecule is COc1ccc(S(=O)(=O)N2CCCC(C(=O)NN)C2)cc1C. The predicted octanol–water partition coefficient (Wildman–Crippen LogP) is 0.394. The van der Waals surface area contributed by atoms with Crippen molar-refractivity contribution in [2.24, 2.45) is 11.8 Å². The second-order valence-corrected chi connectivity index (χ2v) is 7.28.